The minimum Gasteiger partial charge on any atom is -0.396 e. The van der Waals surface area contributed by atoms with E-state index in [9.17, 15) is 9.90 Å². The summed E-state index contributed by atoms with van der Waals surface area (Å²) in [7, 11) is 0. The van der Waals surface area contributed by atoms with Crippen LogP contribution < -0.4 is 4.90 Å². The molecule has 138 valence electrons. The highest BCUT2D eigenvalue weighted by Crippen LogP contribution is 2.50. The maximum Gasteiger partial charge on any atom is 0.254 e. The molecule has 3 fully saturated rings. The molecule has 1 spiro atoms. The number of aromatic nitrogens is 2. The maximum atomic E-state index is 12.8. The number of morpholine rings is 1. The number of ether oxygens (including phenoxy) is 1. The Balaban J connectivity index is 1.44. The lowest BCUT2D eigenvalue weighted by atomic mass is 9.83. The third kappa shape index (κ3) is 2.41. The molecule has 0 unspecified atom stereocenters. The number of carbonyl (C=O) groups excluding carboxylic acids is 1. The fraction of sp³-hybridized carbons (Fsp3) is 0.588. The number of aliphatic hydroxyl groups is 1. The first-order chi connectivity index (χ1) is 12.6. The Hall–Kier alpha value is -1.55. The fourth-order valence-electron chi connectivity index (χ4n) is 4.72. The first-order valence-corrected chi connectivity index (χ1v) is 10.5. The van der Waals surface area contributed by atoms with Gasteiger partial charge >= 0.3 is 0 Å². The number of fused-ring (bicyclic) bond motifs is 1. The number of likely N-dealkylation sites (tertiary alicyclic amines) is 1. The Morgan fingerprint density at radius 2 is 2.31 bits per heavy atom. The third-order valence-electron chi connectivity index (χ3n) is 5.84. The molecule has 3 aliphatic rings. The van der Waals surface area contributed by atoms with Gasteiger partial charge in [-0.2, -0.15) is 11.3 Å². The second-order valence-electron chi connectivity index (χ2n) is 7.36. The summed E-state index contributed by atoms with van der Waals surface area (Å²) in [4.78, 5) is 16.9. The molecule has 0 aliphatic carbocycles. The van der Waals surface area contributed by atoms with E-state index in [0.29, 0.717) is 19.6 Å². The van der Waals surface area contributed by atoms with Gasteiger partial charge < -0.3 is 19.6 Å². The zero-order valence-electron chi connectivity index (χ0n) is 14.4. The van der Waals surface area contributed by atoms with Crippen molar-refractivity contribution in [3.63, 3.8) is 0 Å². The zero-order valence-corrected chi connectivity index (χ0v) is 16.0. The normalized spacial score (nSPS) is 32.9. The summed E-state index contributed by atoms with van der Waals surface area (Å²) in [6.45, 7) is 4.64. The molecule has 9 heteroatoms. The summed E-state index contributed by atoms with van der Waals surface area (Å²) in [6.07, 6.45) is -0.0265. The van der Waals surface area contributed by atoms with E-state index in [-0.39, 0.29) is 30.5 Å². The molecule has 0 radical (unpaired) electrons. The predicted molar refractivity (Wildman–Crippen MR) is 98.8 cm³/mol. The number of rotatable bonds is 3. The van der Waals surface area contributed by atoms with Crippen LogP contribution in [-0.4, -0.2) is 70.6 Å². The summed E-state index contributed by atoms with van der Waals surface area (Å²) in [6, 6.07) is 1.86. The van der Waals surface area contributed by atoms with Crippen molar-refractivity contribution in [3.8, 4) is 0 Å². The van der Waals surface area contributed by atoms with Crippen LogP contribution in [0.25, 0.3) is 0 Å². The van der Waals surface area contributed by atoms with E-state index in [1.165, 1.54) is 11.3 Å². The summed E-state index contributed by atoms with van der Waals surface area (Å²) < 4.78 is 6.43. The summed E-state index contributed by atoms with van der Waals surface area (Å²) in [5.74, 6) is 0.254. The van der Waals surface area contributed by atoms with Crippen molar-refractivity contribution in [2.75, 3.05) is 37.7 Å². The van der Waals surface area contributed by atoms with Crippen molar-refractivity contribution < 1.29 is 14.6 Å². The maximum absolute atomic E-state index is 12.8. The van der Waals surface area contributed by atoms with E-state index in [2.05, 4.69) is 15.1 Å². The van der Waals surface area contributed by atoms with E-state index in [4.69, 9.17) is 4.74 Å². The van der Waals surface area contributed by atoms with Crippen molar-refractivity contribution in [2.45, 2.75) is 18.6 Å². The predicted octanol–water partition coefficient (Wildman–Crippen LogP) is 1.25. The van der Waals surface area contributed by atoms with Gasteiger partial charge in [0.2, 0.25) is 5.13 Å². The number of hydrogen-bond donors (Lipinski definition) is 1. The summed E-state index contributed by atoms with van der Waals surface area (Å²) in [5, 5.41) is 24.1. The first kappa shape index (κ1) is 16.6. The minimum absolute atomic E-state index is 0.0265. The summed E-state index contributed by atoms with van der Waals surface area (Å²) in [5.41, 5.74) is 0.303. The Morgan fingerprint density at radius 3 is 3.00 bits per heavy atom. The van der Waals surface area contributed by atoms with Gasteiger partial charge in [0.15, 0.2) is 0 Å². The van der Waals surface area contributed by atoms with E-state index < -0.39 is 5.60 Å². The molecule has 2 aromatic rings. The Bertz CT molecular complexity index is 826. The van der Waals surface area contributed by atoms with Crippen molar-refractivity contribution >= 4 is 33.7 Å². The molecule has 26 heavy (non-hydrogen) atoms. The SMILES string of the molecule is Cc1nnc(N2C[C@H]3O[C@@]4(CN(C(=O)c5ccsc5)C[C@@H]4[C@@H]3CO)C2)s1. The van der Waals surface area contributed by atoms with E-state index in [1.807, 2.05) is 28.7 Å². The van der Waals surface area contributed by atoms with Gasteiger partial charge in [-0.05, 0) is 18.4 Å². The van der Waals surface area contributed by atoms with E-state index >= 15 is 0 Å². The number of aliphatic hydroxyl groups excluding tert-OH is 1. The monoisotopic (exact) mass is 392 g/mol. The van der Waals surface area contributed by atoms with Gasteiger partial charge in [0.1, 0.15) is 10.6 Å². The van der Waals surface area contributed by atoms with Crippen molar-refractivity contribution in [1.29, 1.82) is 0 Å². The van der Waals surface area contributed by atoms with Crippen molar-refractivity contribution in [3.05, 3.63) is 27.4 Å². The molecule has 1 N–H and O–H groups in total. The molecule has 5 rings (SSSR count). The van der Waals surface area contributed by atoms with Crippen LogP contribution in [0.3, 0.4) is 0 Å². The van der Waals surface area contributed by atoms with E-state index in [0.717, 1.165) is 22.2 Å². The number of thiophene rings is 1. The van der Waals surface area contributed by atoms with Gasteiger partial charge in [0.05, 0.1) is 24.8 Å². The number of amides is 1. The van der Waals surface area contributed by atoms with Gasteiger partial charge in [0, 0.05) is 36.9 Å². The van der Waals surface area contributed by atoms with Crippen LogP contribution in [0.2, 0.25) is 0 Å². The van der Waals surface area contributed by atoms with Crippen LogP contribution >= 0.6 is 22.7 Å². The lowest BCUT2D eigenvalue weighted by Crippen LogP contribution is -2.54. The smallest absolute Gasteiger partial charge is 0.254 e. The molecule has 4 atom stereocenters. The first-order valence-electron chi connectivity index (χ1n) is 8.75. The van der Waals surface area contributed by atoms with Crippen LogP contribution in [0.1, 0.15) is 15.4 Å². The molecule has 2 bridgehead atoms. The Kier molecular flexibility index (Phi) is 3.82. The highest BCUT2D eigenvalue weighted by Gasteiger charge is 2.63. The van der Waals surface area contributed by atoms with Crippen LogP contribution in [0.15, 0.2) is 16.8 Å². The second kappa shape index (κ2) is 5.98. The lowest BCUT2D eigenvalue weighted by molar-refractivity contribution is -0.0625. The van der Waals surface area contributed by atoms with Crippen molar-refractivity contribution in [2.24, 2.45) is 11.8 Å². The highest BCUT2D eigenvalue weighted by atomic mass is 32.1. The molecule has 7 nitrogen and oxygen atoms in total. The third-order valence-corrected chi connectivity index (χ3v) is 7.43. The average Bonchev–Trinajstić information content (AvgIpc) is 3.38. The molecule has 2 aromatic heterocycles. The van der Waals surface area contributed by atoms with Crippen LogP contribution in [-0.2, 0) is 4.74 Å². The quantitative estimate of drug-likeness (QED) is 0.847. The van der Waals surface area contributed by atoms with Gasteiger partial charge in [-0.15, -0.1) is 10.2 Å². The van der Waals surface area contributed by atoms with Crippen molar-refractivity contribution in [1.82, 2.24) is 15.1 Å². The van der Waals surface area contributed by atoms with Gasteiger partial charge in [-0.3, -0.25) is 4.79 Å². The molecule has 3 saturated heterocycles. The van der Waals surface area contributed by atoms with Gasteiger partial charge in [-0.1, -0.05) is 11.3 Å². The molecule has 0 aromatic carbocycles. The topological polar surface area (TPSA) is 78.8 Å². The number of nitrogens with zero attached hydrogens (tertiary/aromatic N) is 4. The summed E-state index contributed by atoms with van der Waals surface area (Å²) >= 11 is 3.11. The van der Waals surface area contributed by atoms with Crippen LogP contribution in [0.4, 0.5) is 5.13 Å². The molecule has 3 aliphatic heterocycles. The van der Waals surface area contributed by atoms with Gasteiger partial charge in [-0.25, -0.2) is 0 Å². The van der Waals surface area contributed by atoms with E-state index in [1.54, 1.807) is 11.3 Å². The average molecular weight is 393 g/mol. The minimum atomic E-state index is -0.429. The number of anilines is 1. The number of carbonyl (C=O) groups is 1. The molecule has 0 saturated carbocycles. The van der Waals surface area contributed by atoms with Crippen LogP contribution in [0.5, 0.6) is 0 Å². The lowest BCUT2D eigenvalue weighted by Gasteiger charge is -2.40. The fourth-order valence-corrected chi connectivity index (χ4v) is 6.04. The molecule has 5 heterocycles. The zero-order chi connectivity index (χ0) is 17.9. The highest BCUT2D eigenvalue weighted by molar-refractivity contribution is 7.15. The number of aryl methyl sites for hydroxylation is 1. The Labute approximate surface area is 159 Å². The Morgan fingerprint density at radius 1 is 1.42 bits per heavy atom. The number of hydrogen-bond acceptors (Lipinski definition) is 8. The largest absolute Gasteiger partial charge is 0.396 e. The van der Waals surface area contributed by atoms with Crippen LogP contribution in [0, 0.1) is 18.8 Å². The standard InChI is InChI=1S/C17H20N4O3S2/c1-10-18-19-16(26-10)21-5-14-12(6-22)13-4-20(8-17(13,9-21)24-14)15(23)11-2-3-25-7-11/h2-3,7,12-14,22H,4-6,8-9H2,1H3/t12-,13+,14+,17-/m0/s1. The second-order valence-corrected chi connectivity index (χ2v) is 9.30. The molecule has 1 amide bonds. The molecular weight excluding hydrogens is 372 g/mol. The molecular formula is C17H20N4O3S2. The van der Waals surface area contributed by atoms with Gasteiger partial charge in [0.25, 0.3) is 5.91 Å².